The van der Waals surface area contributed by atoms with E-state index in [2.05, 4.69) is 42.2 Å². The number of para-hydroxylation sites is 1. The van der Waals surface area contributed by atoms with Crippen LogP contribution in [-0.4, -0.2) is 50.2 Å². The predicted octanol–water partition coefficient (Wildman–Crippen LogP) is 3.81. The molecule has 2 aromatic rings. The highest BCUT2D eigenvalue weighted by Gasteiger charge is 2.29. The number of carbonyl (C=O) groups excluding carboxylic acids is 1. The molecular weight excluding hydrogens is 356 g/mol. The Bertz CT molecular complexity index is 842. The maximum Gasteiger partial charge on any atom is 0.265 e. The number of anilines is 1. The van der Waals surface area contributed by atoms with Crippen LogP contribution in [0.2, 0.25) is 0 Å². The minimum atomic E-state index is 0.0903. The van der Waals surface area contributed by atoms with Gasteiger partial charge >= 0.3 is 0 Å². The van der Waals surface area contributed by atoms with Crippen molar-refractivity contribution in [3.63, 3.8) is 0 Å². The first-order valence-electron chi connectivity index (χ1n) is 9.38. The summed E-state index contributed by atoms with van der Waals surface area (Å²) in [7, 11) is 0. The average molecular weight is 381 g/mol. The summed E-state index contributed by atoms with van der Waals surface area (Å²) in [5, 5.41) is 0. The number of nitrogens with zero attached hydrogens (tertiary/aromatic N) is 2. The van der Waals surface area contributed by atoms with E-state index in [4.69, 9.17) is 4.74 Å². The first-order valence-corrected chi connectivity index (χ1v) is 10.2. The number of carbonyl (C=O) groups is 1. The van der Waals surface area contributed by atoms with Crippen LogP contribution in [0, 0.1) is 6.92 Å². The molecule has 0 unspecified atom stereocenters. The fraction of sp³-hybridized carbons (Fsp3) is 0.318. The second-order valence-corrected chi connectivity index (χ2v) is 7.98. The maximum atomic E-state index is 13.2. The van der Waals surface area contributed by atoms with Crippen LogP contribution in [-0.2, 0) is 9.53 Å². The first-order chi connectivity index (χ1) is 13.2. The zero-order chi connectivity index (χ0) is 18.6. The van der Waals surface area contributed by atoms with Gasteiger partial charge in [-0.05, 0) is 30.7 Å². The van der Waals surface area contributed by atoms with Crippen molar-refractivity contribution >= 4 is 29.4 Å². The third kappa shape index (κ3) is 4.26. The van der Waals surface area contributed by atoms with Crippen molar-refractivity contribution in [2.75, 3.05) is 44.3 Å². The number of hydrogen-bond acceptors (Lipinski definition) is 4. The molecule has 2 aliphatic rings. The van der Waals surface area contributed by atoms with E-state index in [1.54, 1.807) is 11.8 Å². The third-order valence-electron chi connectivity index (χ3n) is 4.95. The molecule has 0 radical (unpaired) electrons. The minimum Gasteiger partial charge on any atom is -0.379 e. The molecule has 0 bridgehead atoms. The van der Waals surface area contributed by atoms with Crippen LogP contribution < -0.4 is 4.90 Å². The molecule has 5 heteroatoms. The van der Waals surface area contributed by atoms with Crippen LogP contribution in [0.15, 0.2) is 58.3 Å². The van der Waals surface area contributed by atoms with E-state index in [1.807, 2.05) is 29.2 Å². The Morgan fingerprint density at radius 1 is 1.04 bits per heavy atom. The number of fused-ring (bicyclic) bond motifs is 1. The topological polar surface area (TPSA) is 32.8 Å². The van der Waals surface area contributed by atoms with Crippen LogP contribution in [0.4, 0.5) is 5.69 Å². The number of benzene rings is 2. The Morgan fingerprint density at radius 3 is 2.56 bits per heavy atom. The number of morpholine rings is 1. The van der Waals surface area contributed by atoms with E-state index in [0.717, 1.165) is 53.9 Å². The fourth-order valence-electron chi connectivity index (χ4n) is 3.36. The molecule has 27 heavy (non-hydrogen) atoms. The molecule has 1 fully saturated rings. The average Bonchev–Trinajstić information content (AvgIpc) is 2.70. The molecule has 0 atom stereocenters. The van der Waals surface area contributed by atoms with Gasteiger partial charge < -0.3 is 9.64 Å². The Labute approximate surface area is 164 Å². The number of thioether (sulfide) groups is 1. The summed E-state index contributed by atoms with van der Waals surface area (Å²) in [6.07, 6.45) is 2.00. The second kappa shape index (κ2) is 8.30. The van der Waals surface area contributed by atoms with Gasteiger partial charge in [0.2, 0.25) is 0 Å². The minimum absolute atomic E-state index is 0.0903. The Hall–Kier alpha value is -2.08. The highest BCUT2D eigenvalue weighted by atomic mass is 32.2. The molecule has 4 rings (SSSR count). The van der Waals surface area contributed by atoms with Gasteiger partial charge in [-0.3, -0.25) is 9.69 Å². The Morgan fingerprint density at radius 2 is 1.78 bits per heavy atom. The van der Waals surface area contributed by atoms with Gasteiger partial charge in [-0.15, -0.1) is 0 Å². The SMILES string of the molecule is Cc1ccc(/C=C2\Sc3ccccc3N(CCN3CCOCC3)C2=O)cc1. The summed E-state index contributed by atoms with van der Waals surface area (Å²) >= 11 is 1.57. The standard InChI is InChI=1S/C22H24N2O2S/c1-17-6-8-18(9-7-17)16-21-22(25)24(11-10-23-12-14-26-15-13-23)19-4-2-3-5-20(19)27-21/h2-9,16H,10-15H2,1H3/b21-16-. The van der Waals surface area contributed by atoms with Crippen molar-refractivity contribution in [2.45, 2.75) is 11.8 Å². The van der Waals surface area contributed by atoms with Crippen molar-refractivity contribution in [2.24, 2.45) is 0 Å². The molecule has 2 heterocycles. The number of aryl methyl sites for hydroxylation is 1. The van der Waals surface area contributed by atoms with Gasteiger partial charge in [0.25, 0.3) is 5.91 Å². The molecule has 0 spiro atoms. The molecule has 140 valence electrons. The Kier molecular flexibility index (Phi) is 5.62. The van der Waals surface area contributed by atoms with E-state index < -0.39 is 0 Å². The number of amides is 1. The summed E-state index contributed by atoms with van der Waals surface area (Å²) in [5.74, 6) is 0.0903. The molecule has 0 aliphatic carbocycles. The summed E-state index contributed by atoms with van der Waals surface area (Å²) in [6.45, 7) is 7.06. The molecule has 2 aliphatic heterocycles. The second-order valence-electron chi connectivity index (χ2n) is 6.90. The van der Waals surface area contributed by atoms with Crippen molar-refractivity contribution in [1.29, 1.82) is 0 Å². The molecule has 1 saturated heterocycles. The van der Waals surface area contributed by atoms with E-state index in [1.165, 1.54) is 5.56 Å². The van der Waals surface area contributed by atoms with Crippen molar-refractivity contribution < 1.29 is 9.53 Å². The lowest BCUT2D eigenvalue weighted by molar-refractivity contribution is -0.114. The summed E-state index contributed by atoms with van der Waals surface area (Å²) in [4.78, 5) is 19.4. The maximum absolute atomic E-state index is 13.2. The highest BCUT2D eigenvalue weighted by Crippen LogP contribution is 2.41. The summed E-state index contributed by atoms with van der Waals surface area (Å²) in [6, 6.07) is 16.5. The summed E-state index contributed by atoms with van der Waals surface area (Å²) < 4.78 is 5.43. The van der Waals surface area contributed by atoms with Crippen LogP contribution in [0.1, 0.15) is 11.1 Å². The molecule has 0 N–H and O–H groups in total. The fourth-order valence-corrected chi connectivity index (χ4v) is 4.42. The van der Waals surface area contributed by atoms with Crippen LogP contribution in [0.5, 0.6) is 0 Å². The van der Waals surface area contributed by atoms with Crippen LogP contribution in [0.3, 0.4) is 0 Å². The zero-order valence-corrected chi connectivity index (χ0v) is 16.4. The molecule has 0 aromatic heterocycles. The van der Waals surface area contributed by atoms with Gasteiger partial charge in [-0.1, -0.05) is 53.7 Å². The van der Waals surface area contributed by atoms with E-state index in [9.17, 15) is 4.79 Å². The molecule has 2 aromatic carbocycles. The van der Waals surface area contributed by atoms with Crippen molar-refractivity contribution in [3.05, 3.63) is 64.6 Å². The van der Waals surface area contributed by atoms with Gasteiger partial charge in [0.1, 0.15) is 0 Å². The lowest BCUT2D eigenvalue weighted by Gasteiger charge is -2.33. The lowest BCUT2D eigenvalue weighted by Crippen LogP contribution is -2.44. The normalized spacial score (nSPS) is 19.4. The van der Waals surface area contributed by atoms with Crippen LogP contribution >= 0.6 is 11.8 Å². The first kappa shape index (κ1) is 18.3. The van der Waals surface area contributed by atoms with Gasteiger partial charge in [-0.25, -0.2) is 0 Å². The highest BCUT2D eigenvalue weighted by molar-refractivity contribution is 8.04. The lowest BCUT2D eigenvalue weighted by atomic mass is 10.1. The molecule has 4 nitrogen and oxygen atoms in total. The van der Waals surface area contributed by atoms with Crippen molar-refractivity contribution in [3.8, 4) is 0 Å². The van der Waals surface area contributed by atoms with E-state index >= 15 is 0 Å². The summed E-state index contributed by atoms with van der Waals surface area (Å²) in [5.41, 5.74) is 3.29. The number of hydrogen-bond donors (Lipinski definition) is 0. The smallest absolute Gasteiger partial charge is 0.265 e. The van der Waals surface area contributed by atoms with Crippen LogP contribution in [0.25, 0.3) is 6.08 Å². The van der Waals surface area contributed by atoms with Gasteiger partial charge in [0.05, 0.1) is 23.8 Å². The van der Waals surface area contributed by atoms with E-state index in [-0.39, 0.29) is 5.91 Å². The van der Waals surface area contributed by atoms with Crippen molar-refractivity contribution in [1.82, 2.24) is 4.90 Å². The van der Waals surface area contributed by atoms with Gasteiger partial charge in [0, 0.05) is 31.1 Å². The number of ether oxygens (including phenoxy) is 1. The largest absolute Gasteiger partial charge is 0.379 e. The van der Waals surface area contributed by atoms with Gasteiger partial charge in [0.15, 0.2) is 0 Å². The monoisotopic (exact) mass is 380 g/mol. The zero-order valence-electron chi connectivity index (χ0n) is 15.6. The van der Waals surface area contributed by atoms with Gasteiger partial charge in [-0.2, -0.15) is 0 Å². The predicted molar refractivity (Wildman–Crippen MR) is 111 cm³/mol. The number of rotatable bonds is 4. The van der Waals surface area contributed by atoms with E-state index in [0.29, 0.717) is 6.54 Å². The quantitative estimate of drug-likeness (QED) is 0.755. The third-order valence-corrected chi connectivity index (χ3v) is 6.03. The molecular formula is C22H24N2O2S. The molecule has 1 amide bonds. The Balaban J connectivity index is 1.58. The molecule has 0 saturated carbocycles.